The summed E-state index contributed by atoms with van der Waals surface area (Å²) < 4.78 is 5.06. The molecule has 0 saturated carbocycles. The lowest BCUT2D eigenvalue weighted by molar-refractivity contribution is 0.181. The van der Waals surface area contributed by atoms with Gasteiger partial charge in [-0.05, 0) is 19.1 Å². The average molecular weight is 281 g/mol. The van der Waals surface area contributed by atoms with Crippen molar-refractivity contribution in [2.75, 3.05) is 7.11 Å². The van der Waals surface area contributed by atoms with Crippen molar-refractivity contribution in [3.05, 3.63) is 58.1 Å². The van der Waals surface area contributed by atoms with Gasteiger partial charge in [-0.2, -0.15) is 0 Å². The largest absolute Gasteiger partial charge is 0.378 e. The molecule has 0 unspecified atom stereocenters. The lowest BCUT2D eigenvalue weighted by atomic mass is 10.1. The molecular formula is C16H15N3O2. The summed E-state index contributed by atoms with van der Waals surface area (Å²) in [5, 5.41) is 0.959. The number of aromatic nitrogens is 3. The number of para-hydroxylation sites is 1. The van der Waals surface area contributed by atoms with Gasteiger partial charge in [0.15, 0.2) is 0 Å². The Morgan fingerprint density at radius 3 is 2.81 bits per heavy atom. The molecule has 0 fully saturated rings. The molecule has 2 heterocycles. The number of benzene rings is 1. The van der Waals surface area contributed by atoms with Gasteiger partial charge in [0, 0.05) is 29.8 Å². The van der Waals surface area contributed by atoms with Gasteiger partial charge < -0.3 is 9.72 Å². The standard InChI is InChI=1S/C16H15N3O2/c1-10-7-13(12-5-3-4-6-14(12)17-10)16-18-11(9-21-2)8-15(20)19-16/h3-8H,9H2,1-2H3,(H,18,19,20). The van der Waals surface area contributed by atoms with Crippen LogP contribution in [0.5, 0.6) is 0 Å². The van der Waals surface area contributed by atoms with Crippen molar-refractivity contribution in [3.63, 3.8) is 0 Å². The number of aryl methyl sites for hydroxylation is 1. The van der Waals surface area contributed by atoms with Crippen LogP contribution in [0.4, 0.5) is 0 Å². The molecule has 1 N–H and O–H groups in total. The second-order valence-corrected chi connectivity index (χ2v) is 4.85. The van der Waals surface area contributed by atoms with E-state index in [0.29, 0.717) is 18.1 Å². The summed E-state index contributed by atoms with van der Waals surface area (Å²) in [5.41, 5.74) is 3.05. The Morgan fingerprint density at radius 2 is 2.00 bits per heavy atom. The van der Waals surface area contributed by atoms with Crippen LogP contribution in [0.2, 0.25) is 0 Å². The third-order valence-corrected chi connectivity index (χ3v) is 3.19. The summed E-state index contributed by atoms with van der Waals surface area (Å²) in [6.07, 6.45) is 0. The fourth-order valence-electron chi connectivity index (χ4n) is 2.36. The van der Waals surface area contributed by atoms with Crippen molar-refractivity contribution >= 4 is 10.9 Å². The maximum Gasteiger partial charge on any atom is 0.251 e. The van der Waals surface area contributed by atoms with E-state index in [1.165, 1.54) is 6.07 Å². The van der Waals surface area contributed by atoms with E-state index in [1.54, 1.807) is 7.11 Å². The van der Waals surface area contributed by atoms with Gasteiger partial charge in [0.25, 0.3) is 5.56 Å². The van der Waals surface area contributed by atoms with Crippen LogP contribution < -0.4 is 5.56 Å². The minimum Gasteiger partial charge on any atom is -0.378 e. The van der Waals surface area contributed by atoms with Crippen LogP contribution in [0.15, 0.2) is 41.2 Å². The molecule has 0 saturated heterocycles. The highest BCUT2D eigenvalue weighted by Gasteiger charge is 2.09. The molecule has 21 heavy (non-hydrogen) atoms. The predicted molar refractivity (Wildman–Crippen MR) is 81.0 cm³/mol. The summed E-state index contributed by atoms with van der Waals surface area (Å²) in [5.74, 6) is 0.538. The van der Waals surface area contributed by atoms with Crippen molar-refractivity contribution in [2.24, 2.45) is 0 Å². The molecule has 3 aromatic rings. The maximum absolute atomic E-state index is 11.8. The molecule has 3 rings (SSSR count). The van der Waals surface area contributed by atoms with Crippen molar-refractivity contribution < 1.29 is 4.74 Å². The van der Waals surface area contributed by atoms with Crippen LogP contribution in [0.3, 0.4) is 0 Å². The molecule has 1 aromatic carbocycles. The normalized spacial score (nSPS) is 11.0. The lowest BCUT2D eigenvalue weighted by Crippen LogP contribution is -2.11. The van der Waals surface area contributed by atoms with Crippen molar-refractivity contribution in [1.29, 1.82) is 0 Å². The first-order valence-electron chi connectivity index (χ1n) is 6.63. The highest BCUT2D eigenvalue weighted by molar-refractivity contribution is 5.92. The number of H-pyrrole nitrogens is 1. The van der Waals surface area contributed by atoms with Crippen LogP contribution in [0.25, 0.3) is 22.3 Å². The number of pyridine rings is 1. The monoisotopic (exact) mass is 281 g/mol. The first-order valence-corrected chi connectivity index (χ1v) is 6.63. The summed E-state index contributed by atoms with van der Waals surface area (Å²) in [6.45, 7) is 2.23. The average Bonchev–Trinajstić information content (AvgIpc) is 2.46. The van der Waals surface area contributed by atoms with Gasteiger partial charge in [-0.1, -0.05) is 18.2 Å². The maximum atomic E-state index is 11.8. The molecule has 106 valence electrons. The molecule has 0 aliphatic carbocycles. The number of aromatic amines is 1. The molecule has 0 radical (unpaired) electrons. The van der Waals surface area contributed by atoms with E-state index in [0.717, 1.165) is 22.2 Å². The second kappa shape index (κ2) is 5.46. The number of methoxy groups -OCH3 is 1. The molecule has 2 aromatic heterocycles. The molecule has 0 amide bonds. The first-order chi connectivity index (χ1) is 10.2. The summed E-state index contributed by atoms with van der Waals surface area (Å²) in [6, 6.07) is 11.2. The fraction of sp³-hybridized carbons (Fsp3) is 0.188. The summed E-state index contributed by atoms with van der Waals surface area (Å²) >= 11 is 0. The third-order valence-electron chi connectivity index (χ3n) is 3.19. The number of hydrogen-bond acceptors (Lipinski definition) is 4. The zero-order chi connectivity index (χ0) is 14.8. The van der Waals surface area contributed by atoms with Crippen LogP contribution in [0, 0.1) is 6.92 Å². The predicted octanol–water partition coefficient (Wildman–Crippen LogP) is 2.44. The van der Waals surface area contributed by atoms with Gasteiger partial charge in [-0.25, -0.2) is 4.98 Å². The molecule has 0 bridgehead atoms. The minimum atomic E-state index is -0.189. The summed E-state index contributed by atoms with van der Waals surface area (Å²) in [4.78, 5) is 23.6. The van der Waals surface area contributed by atoms with E-state index in [1.807, 2.05) is 37.3 Å². The van der Waals surface area contributed by atoms with E-state index in [2.05, 4.69) is 15.0 Å². The quantitative estimate of drug-likeness (QED) is 0.800. The van der Waals surface area contributed by atoms with Crippen molar-refractivity contribution in [2.45, 2.75) is 13.5 Å². The zero-order valence-corrected chi connectivity index (χ0v) is 11.9. The first kappa shape index (κ1) is 13.5. The Labute approximate surface area is 121 Å². The molecule has 5 heteroatoms. The Kier molecular flexibility index (Phi) is 3.50. The SMILES string of the molecule is COCc1cc(=O)[nH]c(-c2cc(C)nc3ccccc23)n1. The van der Waals surface area contributed by atoms with E-state index >= 15 is 0 Å². The Bertz CT molecular complexity index is 856. The Balaban J connectivity index is 2.27. The molecule has 0 aliphatic heterocycles. The molecule has 0 aliphatic rings. The van der Waals surface area contributed by atoms with Gasteiger partial charge in [0.2, 0.25) is 0 Å². The van der Waals surface area contributed by atoms with Crippen LogP contribution in [-0.2, 0) is 11.3 Å². The van der Waals surface area contributed by atoms with E-state index in [4.69, 9.17) is 4.74 Å². The van der Waals surface area contributed by atoms with Crippen LogP contribution in [0.1, 0.15) is 11.4 Å². The topological polar surface area (TPSA) is 67.9 Å². The summed E-state index contributed by atoms with van der Waals surface area (Å²) in [7, 11) is 1.58. The van der Waals surface area contributed by atoms with Crippen molar-refractivity contribution in [3.8, 4) is 11.4 Å². The minimum absolute atomic E-state index is 0.189. The fourth-order valence-corrected chi connectivity index (χ4v) is 2.36. The lowest BCUT2D eigenvalue weighted by Gasteiger charge is -2.08. The number of nitrogens with zero attached hydrogens (tertiary/aromatic N) is 2. The highest BCUT2D eigenvalue weighted by atomic mass is 16.5. The smallest absolute Gasteiger partial charge is 0.251 e. The van der Waals surface area contributed by atoms with Crippen molar-refractivity contribution in [1.82, 2.24) is 15.0 Å². The van der Waals surface area contributed by atoms with Gasteiger partial charge in [-0.3, -0.25) is 9.78 Å². The Morgan fingerprint density at radius 1 is 1.19 bits per heavy atom. The number of fused-ring (bicyclic) bond motifs is 1. The molecular weight excluding hydrogens is 266 g/mol. The van der Waals surface area contributed by atoms with E-state index in [9.17, 15) is 4.79 Å². The van der Waals surface area contributed by atoms with Gasteiger partial charge in [0.1, 0.15) is 5.82 Å². The molecule has 0 spiro atoms. The molecule has 5 nitrogen and oxygen atoms in total. The second-order valence-electron chi connectivity index (χ2n) is 4.85. The van der Waals surface area contributed by atoms with Gasteiger partial charge in [-0.15, -0.1) is 0 Å². The zero-order valence-electron chi connectivity index (χ0n) is 11.9. The number of hydrogen-bond donors (Lipinski definition) is 1. The van der Waals surface area contributed by atoms with Gasteiger partial charge in [0.05, 0.1) is 17.8 Å². The van der Waals surface area contributed by atoms with E-state index in [-0.39, 0.29) is 5.56 Å². The number of rotatable bonds is 3. The highest BCUT2D eigenvalue weighted by Crippen LogP contribution is 2.25. The van der Waals surface area contributed by atoms with Gasteiger partial charge >= 0.3 is 0 Å². The van der Waals surface area contributed by atoms with Crippen LogP contribution in [-0.4, -0.2) is 22.1 Å². The van der Waals surface area contributed by atoms with Crippen LogP contribution >= 0.6 is 0 Å². The molecule has 0 atom stereocenters. The Hall–Kier alpha value is -2.53. The van der Waals surface area contributed by atoms with E-state index < -0.39 is 0 Å². The number of nitrogens with one attached hydrogen (secondary N) is 1. The number of ether oxygens (including phenoxy) is 1. The third kappa shape index (κ3) is 2.68.